The smallest absolute Gasteiger partial charge is 0.343 e. The lowest BCUT2D eigenvalue weighted by Gasteiger charge is -2.10. The van der Waals surface area contributed by atoms with Gasteiger partial charge in [0.05, 0.1) is 22.1 Å². The van der Waals surface area contributed by atoms with Crippen molar-refractivity contribution < 1.29 is 23.4 Å². The van der Waals surface area contributed by atoms with Gasteiger partial charge in [0.15, 0.2) is 11.6 Å². The van der Waals surface area contributed by atoms with Crippen molar-refractivity contribution in [1.82, 2.24) is 0 Å². The van der Waals surface area contributed by atoms with Gasteiger partial charge in [-0.2, -0.15) is 0 Å². The van der Waals surface area contributed by atoms with Gasteiger partial charge in [0.25, 0.3) is 0 Å². The zero-order valence-electron chi connectivity index (χ0n) is 12.1. The summed E-state index contributed by atoms with van der Waals surface area (Å²) in [6, 6.07) is 0.807. The monoisotopic (exact) mass is 407 g/mol. The van der Waals surface area contributed by atoms with Crippen LogP contribution in [0.3, 0.4) is 0 Å². The number of aliphatic imine (C=N–C) groups is 1. The highest BCUT2D eigenvalue weighted by Crippen LogP contribution is 2.35. The van der Waals surface area contributed by atoms with Crippen LogP contribution in [0.5, 0.6) is 0 Å². The van der Waals surface area contributed by atoms with Crippen molar-refractivity contribution in [2.24, 2.45) is 4.99 Å². The molecule has 4 nitrogen and oxygen atoms in total. The molecule has 124 valence electrons. The summed E-state index contributed by atoms with van der Waals surface area (Å²) in [5, 5.41) is 10.1. The Labute approximate surface area is 144 Å². The highest BCUT2D eigenvalue weighted by molar-refractivity contribution is 9.10. The van der Waals surface area contributed by atoms with Crippen LogP contribution in [0.25, 0.3) is 5.76 Å². The number of aliphatic hydroxyl groups is 1. The molecule has 0 unspecified atom stereocenters. The number of halogens is 4. The molecule has 0 aromatic heterocycles. The Hall–Kier alpha value is -1.47. The molecule has 0 aliphatic heterocycles. The standard InChI is InChI=1S/C15H13BrClF2NO3/c1-2-23-15(22)9(6-20-7-3-4-7)14(21)8-5-10(18)13(19)11(16)12(8)17/h5-7,21H,2-4H2,1H3. The van der Waals surface area contributed by atoms with Crippen LogP contribution in [0, 0.1) is 11.6 Å². The number of rotatable bonds is 5. The minimum atomic E-state index is -1.22. The summed E-state index contributed by atoms with van der Waals surface area (Å²) in [7, 11) is 0. The molecule has 0 saturated heterocycles. The van der Waals surface area contributed by atoms with E-state index in [1.165, 1.54) is 6.21 Å². The third-order valence-corrected chi connectivity index (χ3v) is 4.44. The molecule has 1 fully saturated rings. The highest BCUT2D eigenvalue weighted by Gasteiger charge is 2.24. The molecule has 0 bridgehead atoms. The number of ether oxygens (including phenoxy) is 1. The summed E-state index contributed by atoms with van der Waals surface area (Å²) < 4.78 is 31.5. The average Bonchev–Trinajstić information content (AvgIpc) is 3.33. The van der Waals surface area contributed by atoms with Crippen LogP contribution in [-0.2, 0) is 9.53 Å². The van der Waals surface area contributed by atoms with E-state index in [1.807, 2.05) is 0 Å². The fourth-order valence-corrected chi connectivity index (χ4v) is 2.34. The maximum atomic E-state index is 13.6. The normalized spacial score (nSPS) is 15.7. The minimum absolute atomic E-state index is 0.0854. The van der Waals surface area contributed by atoms with E-state index < -0.39 is 23.4 Å². The predicted octanol–water partition coefficient (Wildman–Crippen LogP) is 4.45. The number of aliphatic hydroxyl groups excluding tert-OH is 1. The molecule has 1 saturated carbocycles. The number of carbonyl (C=O) groups excluding carboxylic acids is 1. The van der Waals surface area contributed by atoms with Gasteiger partial charge in [-0.05, 0) is 41.8 Å². The van der Waals surface area contributed by atoms with Gasteiger partial charge in [-0.3, -0.25) is 4.99 Å². The molecule has 0 atom stereocenters. The van der Waals surface area contributed by atoms with Gasteiger partial charge in [-0.15, -0.1) is 0 Å². The first kappa shape index (κ1) is 17.9. The number of esters is 1. The maximum absolute atomic E-state index is 13.6. The zero-order valence-corrected chi connectivity index (χ0v) is 14.4. The molecule has 1 aromatic carbocycles. The topological polar surface area (TPSA) is 58.9 Å². The molecule has 1 aromatic rings. The summed E-state index contributed by atoms with van der Waals surface area (Å²) in [5.74, 6) is -3.86. The van der Waals surface area contributed by atoms with Crippen molar-refractivity contribution in [3.8, 4) is 0 Å². The number of benzene rings is 1. The molecule has 0 heterocycles. The Balaban J connectivity index is 2.54. The van der Waals surface area contributed by atoms with Crippen molar-refractivity contribution >= 4 is 45.5 Å². The number of hydrogen-bond donors (Lipinski definition) is 1. The highest BCUT2D eigenvalue weighted by atomic mass is 79.9. The summed E-state index contributed by atoms with van der Waals surface area (Å²) in [6.45, 7) is 1.69. The van der Waals surface area contributed by atoms with Crippen LogP contribution in [0.4, 0.5) is 8.78 Å². The van der Waals surface area contributed by atoms with E-state index in [4.69, 9.17) is 16.3 Å². The fraction of sp³-hybridized carbons (Fsp3) is 0.333. The van der Waals surface area contributed by atoms with Crippen LogP contribution in [0.1, 0.15) is 25.3 Å². The van der Waals surface area contributed by atoms with E-state index in [0.29, 0.717) is 6.07 Å². The third kappa shape index (κ3) is 4.09. The largest absolute Gasteiger partial charge is 0.506 e. The van der Waals surface area contributed by atoms with Crippen LogP contribution in [0.15, 0.2) is 21.1 Å². The quantitative estimate of drug-likeness (QED) is 0.196. The molecular formula is C15H13BrClF2NO3. The van der Waals surface area contributed by atoms with E-state index in [0.717, 1.165) is 12.8 Å². The Bertz CT molecular complexity index is 702. The van der Waals surface area contributed by atoms with Crippen LogP contribution in [0.2, 0.25) is 5.02 Å². The van der Waals surface area contributed by atoms with Crippen molar-refractivity contribution in [1.29, 1.82) is 0 Å². The van der Waals surface area contributed by atoms with Crippen LogP contribution < -0.4 is 0 Å². The van der Waals surface area contributed by atoms with Gasteiger partial charge in [-0.25, -0.2) is 13.6 Å². The second kappa shape index (κ2) is 7.40. The Morgan fingerprint density at radius 1 is 1.57 bits per heavy atom. The van der Waals surface area contributed by atoms with E-state index >= 15 is 0 Å². The lowest BCUT2D eigenvalue weighted by molar-refractivity contribution is -0.137. The first-order chi connectivity index (χ1) is 10.9. The second-order valence-electron chi connectivity index (χ2n) is 4.84. The summed E-state index contributed by atoms with van der Waals surface area (Å²) in [4.78, 5) is 16.1. The zero-order chi connectivity index (χ0) is 17.1. The molecule has 1 aliphatic carbocycles. The molecule has 0 radical (unpaired) electrons. The number of hydrogen-bond acceptors (Lipinski definition) is 4. The number of nitrogens with zero attached hydrogens (tertiary/aromatic N) is 1. The third-order valence-electron chi connectivity index (χ3n) is 3.07. The van der Waals surface area contributed by atoms with Crippen molar-refractivity contribution in [3.63, 3.8) is 0 Å². The second-order valence-corrected chi connectivity index (χ2v) is 6.01. The van der Waals surface area contributed by atoms with Gasteiger partial charge in [0.2, 0.25) is 0 Å². The maximum Gasteiger partial charge on any atom is 0.343 e. The van der Waals surface area contributed by atoms with Gasteiger partial charge < -0.3 is 9.84 Å². The van der Waals surface area contributed by atoms with Gasteiger partial charge in [-0.1, -0.05) is 11.6 Å². The first-order valence-corrected chi connectivity index (χ1v) is 8.00. The van der Waals surface area contributed by atoms with E-state index in [1.54, 1.807) is 6.92 Å². The molecule has 0 spiro atoms. The number of carbonyl (C=O) groups is 1. The first-order valence-electron chi connectivity index (χ1n) is 6.83. The predicted molar refractivity (Wildman–Crippen MR) is 86.8 cm³/mol. The molecule has 8 heteroatoms. The van der Waals surface area contributed by atoms with E-state index in [2.05, 4.69) is 20.9 Å². The molecule has 2 rings (SSSR count). The molecule has 1 aliphatic rings. The van der Waals surface area contributed by atoms with Crippen molar-refractivity contribution in [2.75, 3.05) is 6.61 Å². The average molecular weight is 409 g/mol. The molecule has 23 heavy (non-hydrogen) atoms. The SMILES string of the molecule is CCOC(=O)C(C=NC1CC1)=C(O)c1cc(F)c(F)c(Br)c1Cl. The minimum Gasteiger partial charge on any atom is -0.506 e. The molecular weight excluding hydrogens is 396 g/mol. The summed E-state index contributed by atoms with van der Waals surface area (Å²) >= 11 is 8.73. The van der Waals surface area contributed by atoms with Crippen molar-refractivity contribution in [3.05, 3.63) is 38.3 Å². The Morgan fingerprint density at radius 3 is 2.78 bits per heavy atom. The lowest BCUT2D eigenvalue weighted by Crippen LogP contribution is -2.12. The lowest BCUT2D eigenvalue weighted by atomic mass is 10.1. The van der Waals surface area contributed by atoms with Crippen LogP contribution >= 0.6 is 27.5 Å². The van der Waals surface area contributed by atoms with Crippen LogP contribution in [-0.4, -0.2) is 29.9 Å². The van der Waals surface area contributed by atoms with E-state index in [-0.39, 0.29) is 33.3 Å². The van der Waals surface area contributed by atoms with Gasteiger partial charge in [0.1, 0.15) is 11.3 Å². The molecule has 0 amide bonds. The van der Waals surface area contributed by atoms with E-state index in [9.17, 15) is 18.7 Å². The van der Waals surface area contributed by atoms with Gasteiger partial charge >= 0.3 is 5.97 Å². The summed E-state index contributed by atoms with van der Waals surface area (Å²) in [5.41, 5.74) is -0.499. The van der Waals surface area contributed by atoms with Gasteiger partial charge in [0, 0.05) is 11.8 Å². The molecule has 1 N–H and O–H groups in total. The fourth-order valence-electron chi connectivity index (χ4n) is 1.71. The van der Waals surface area contributed by atoms with Crippen molar-refractivity contribution in [2.45, 2.75) is 25.8 Å². The Kier molecular flexibility index (Phi) is 5.75. The Morgan fingerprint density at radius 2 is 2.22 bits per heavy atom. The summed E-state index contributed by atoms with van der Waals surface area (Å²) in [6.07, 6.45) is 2.96.